The van der Waals surface area contributed by atoms with E-state index in [-0.39, 0.29) is 5.54 Å². The van der Waals surface area contributed by atoms with Gasteiger partial charge in [-0.3, -0.25) is 4.90 Å². The molecule has 1 N–H and O–H groups in total. The summed E-state index contributed by atoms with van der Waals surface area (Å²) in [4.78, 5) is 6.76. The zero-order chi connectivity index (χ0) is 14.7. The fourth-order valence-corrected chi connectivity index (χ4v) is 3.05. The lowest BCUT2D eigenvalue weighted by Crippen LogP contribution is -2.46. The lowest BCUT2D eigenvalue weighted by molar-refractivity contribution is 0.196. The first kappa shape index (κ1) is 14.3. The van der Waals surface area contributed by atoms with Gasteiger partial charge in [0.2, 0.25) is 5.89 Å². The molecule has 0 radical (unpaired) electrons. The largest absolute Gasteiger partial charge is 0.445 e. The van der Waals surface area contributed by atoms with Crippen molar-refractivity contribution in [2.45, 2.75) is 32.4 Å². The lowest BCUT2D eigenvalue weighted by atomic mass is 9.91. The Morgan fingerprint density at radius 3 is 2.86 bits per heavy atom. The molecule has 1 aromatic heterocycles. The van der Waals surface area contributed by atoms with Gasteiger partial charge in [-0.15, -0.1) is 0 Å². The van der Waals surface area contributed by atoms with Gasteiger partial charge in [0.1, 0.15) is 5.76 Å². The van der Waals surface area contributed by atoms with Gasteiger partial charge in [-0.1, -0.05) is 30.3 Å². The van der Waals surface area contributed by atoms with Gasteiger partial charge < -0.3 is 9.73 Å². The van der Waals surface area contributed by atoms with E-state index in [0.717, 1.165) is 44.3 Å². The quantitative estimate of drug-likeness (QED) is 0.941. The van der Waals surface area contributed by atoms with Crippen molar-refractivity contribution in [1.29, 1.82) is 0 Å². The molecule has 0 amide bonds. The van der Waals surface area contributed by atoms with Crippen LogP contribution in [0.5, 0.6) is 0 Å². The Morgan fingerprint density at radius 2 is 2.14 bits per heavy atom. The summed E-state index contributed by atoms with van der Waals surface area (Å²) >= 11 is 0. The number of aromatic nitrogens is 1. The fraction of sp³-hybridized carbons (Fsp3) is 0.471. The molecule has 1 aliphatic rings. The maximum absolute atomic E-state index is 5.63. The van der Waals surface area contributed by atoms with Crippen LogP contribution in [0.2, 0.25) is 0 Å². The summed E-state index contributed by atoms with van der Waals surface area (Å²) < 4.78 is 5.63. The van der Waals surface area contributed by atoms with Crippen LogP contribution in [-0.4, -0.2) is 29.5 Å². The minimum atomic E-state index is -0.0284. The Kier molecular flexibility index (Phi) is 4.08. The van der Waals surface area contributed by atoms with E-state index in [2.05, 4.69) is 52.5 Å². The van der Waals surface area contributed by atoms with Crippen molar-refractivity contribution in [2.75, 3.05) is 19.6 Å². The van der Waals surface area contributed by atoms with Crippen molar-refractivity contribution in [2.24, 2.45) is 0 Å². The number of nitrogens with zero attached hydrogens (tertiary/aromatic N) is 2. The van der Waals surface area contributed by atoms with Gasteiger partial charge in [0.25, 0.3) is 0 Å². The molecule has 1 fully saturated rings. The van der Waals surface area contributed by atoms with Gasteiger partial charge in [0, 0.05) is 6.54 Å². The first-order valence-corrected chi connectivity index (χ1v) is 7.60. The summed E-state index contributed by atoms with van der Waals surface area (Å²) in [5, 5.41) is 3.70. The molecule has 112 valence electrons. The smallest absolute Gasteiger partial charge is 0.208 e. The van der Waals surface area contributed by atoms with E-state index >= 15 is 0 Å². The van der Waals surface area contributed by atoms with E-state index in [4.69, 9.17) is 4.42 Å². The molecule has 4 nitrogen and oxygen atoms in total. The highest BCUT2D eigenvalue weighted by atomic mass is 16.4. The average Bonchev–Trinajstić information content (AvgIpc) is 2.79. The summed E-state index contributed by atoms with van der Waals surface area (Å²) in [5.74, 6) is 1.69. The number of rotatable bonds is 3. The second kappa shape index (κ2) is 6.00. The first-order chi connectivity index (χ1) is 10.2. The molecule has 1 aliphatic heterocycles. The zero-order valence-corrected chi connectivity index (χ0v) is 12.8. The predicted octanol–water partition coefficient (Wildman–Crippen LogP) is 2.69. The molecule has 21 heavy (non-hydrogen) atoms. The van der Waals surface area contributed by atoms with Crippen LogP contribution in [0.3, 0.4) is 0 Å². The topological polar surface area (TPSA) is 41.3 Å². The van der Waals surface area contributed by atoms with Crippen LogP contribution < -0.4 is 5.32 Å². The SMILES string of the molecule is Cc1cnc(CN2CCCNC(C)(c3ccccc3)C2)o1. The Labute approximate surface area is 126 Å². The molecule has 1 atom stereocenters. The van der Waals surface area contributed by atoms with Crippen LogP contribution in [-0.2, 0) is 12.1 Å². The molecule has 1 aromatic carbocycles. The van der Waals surface area contributed by atoms with Crippen LogP contribution in [0.25, 0.3) is 0 Å². The molecule has 1 unspecified atom stereocenters. The van der Waals surface area contributed by atoms with Crippen molar-refractivity contribution in [1.82, 2.24) is 15.2 Å². The molecule has 2 aromatic rings. The Balaban J connectivity index is 1.77. The summed E-state index contributed by atoms with van der Waals surface area (Å²) in [6, 6.07) is 10.7. The van der Waals surface area contributed by atoms with E-state index in [0.29, 0.717) is 0 Å². The van der Waals surface area contributed by atoms with E-state index < -0.39 is 0 Å². The molecular formula is C17H23N3O. The number of oxazole rings is 1. The Morgan fingerprint density at radius 1 is 1.33 bits per heavy atom. The van der Waals surface area contributed by atoms with Gasteiger partial charge >= 0.3 is 0 Å². The number of nitrogens with one attached hydrogen (secondary N) is 1. The molecule has 2 heterocycles. The molecule has 0 spiro atoms. The Bertz CT molecular complexity index is 581. The van der Waals surface area contributed by atoms with Crippen LogP contribution in [0, 0.1) is 6.92 Å². The maximum Gasteiger partial charge on any atom is 0.208 e. The van der Waals surface area contributed by atoms with Gasteiger partial charge in [0.15, 0.2) is 0 Å². The monoisotopic (exact) mass is 285 g/mol. The van der Waals surface area contributed by atoms with Crippen LogP contribution in [0.4, 0.5) is 0 Å². The Hall–Kier alpha value is -1.65. The highest BCUT2D eigenvalue weighted by molar-refractivity contribution is 5.24. The van der Waals surface area contributed by atoms with E-state index in [1.165, 1.54) is 5.56 Å². The summed E-state index contributed by atoms with van der Waals surface area (Å²) in [6.45, 7) is 8.05. The average molecular weight is 285 g/mol. The number of benzene rings is 1. The third-order valence-electron chi connectivity index (χ3n) is 4.15. The van der Waals surface area contributed by atoms with Gasteiger partial charge in [-0.05, 0) is 38.9 Å². The highest BCUT2D eigenvalue weighted by Gasteiger charge is 2.31. The second-order valence-corrected chi connectivity index (χ2v) is 6.05. The summed E-state index contributed by atoms with van der Waals surface area (Å²) in [7, 11) is 0. The third kappa shape index (κ3) is 3.34. The number of aryl methyl sites for hydroxylation is 1. The molecule has 0 saturated carbocycles. The van der Waals surface area contributed by atoms with Gasteiger partial charge in [-0.2, -0.15) is 0 Å². The molecule has 3 rings (SSSR count). The number of hydrogen-bond donors (Lipinski definition) is 1. The summed E-state index contributed by atoms with van der Waals surface area (Å²) in [5.41, 5.74) is 1.31. The van der Waals surface area contributed by atoms with Crippen molar-refractivity contribution in [3.63, 3.8) is 0 Å². The third-order valence-corrected chi connectivity index (χ3v) is 4.15. The van der Waals surface area contributed by atoms with Gasteiger partial charge in [-0.25, -0.2) is 4.98 Å². The number of hydrogen-bond acceptors (Lipinski definition) is 4. The fourth-order valence-electron chi connectivity index (χ4n) is 3.05. The van der Waals surface area contributed by atoms with Crippen molar-refractivity contribution >= 4 is 0 Å². The maximum atomic E-state index is 5.63. The van der Waals surface area contributed by atoms with Crippen molar-refractivity contribution in [3.8, 4) is 0 Å². The minimum absolute atomic E-state index is 0.0284. The van der Waals surface area contributed by atoms with Crippen LogP contribution >= 0.6 is 0 Å². The van der Waals surface area contributed by atoms with Crippen LogP contribution in [0.1, 0.15) is 30.6 Å². The van der Waals surface area contributed by atoms with Gasteiger partial charge in [0.05, 0.1) is 18.3 Å². The lowest BCUT2D eigenvalue weighted by Gasteiger charge is -2.33. The van der Waals surface area contributed by atoms with Crippen LogP contribution in [0.15, 0.2) is 40.9 Å². The molecule has 4 heteroatoms. The second-order valence-electron chi connectivity index (χ2n) is 6.05. The molecule has 1 saturated heterocycles. The molecular weight excluding hydrogens is 262 g/mol. The van der Waals surface area contributed by atoms with Crippen molar-refractivity contribution < 1.29 is 4.42 Å². The molecule has 0 aliphatic carbocycles. The molecule has 0 bridgehead atoms. The standard InChI is InChI=1S/C17H23N3O/c1-14-11-18-16(21-14)12-20-10-6-9-19-17(2,13-20)15-7-4-3-5-8-15/h3-5,7-8,11,19H,6,9-10,12-13H2,1-2H3. The van der Waals surface area contributed by atoms with E-state index in [1.54, 1.807) is 6.20 Å². The normalized spacial score (nSPS) is 23.9. The summed E-state index contributed by atoms with van der Waals surface area (Å²) in [6.07, 6.45) is 2.93. The zero-order valence-electron chi connectivity index (χ0n) is 12.8. The van der Waals surface area contributed by atoms with E-state index in [1.807, 2.05) is 6.92 Å². The van der Waals surface area contributed by atoms with Crippen molar-refractivity contribution in [3.05, 3.63) is 53.7 Å². The van der Waals surface area contributed by atoms with E-state index in [9.17, 15) is 0 Å². The predicted molar refractivity (Wildman–Crippen MR) is 82.9 cm³/mol. The first-order valence-electron chi connectivity index (χ1n) is 7.60. The minimum Gasteiger partial charge on any atom is -0.445 e. The highest BCUT2D eigenvalue weighted by Crippen LogP contribution is 2.24.